The Kier molecular flexibility index (Phi) is 7.73. The number of carbonyl (C=O) groups excluding carboxylic acids is 2. The number of nitrogens with zero attached hydrogens (tertiary/aromatic N) is 1. The van der Waals surface area contributed by atoms with Gasteiger partial charge in [0.05, 0.1) is 18.6 Å². The molecular formula is C25H18Cl3NO4S. The lowest BCUT2D eigenvalue weighted by Gasteiger charge is -2.14. The van der Waals surface area contributed by atoms with E-state index in [0.717, 1.165) is 22.2 Å². The first kappa shape index (κ1) is 24.5. The summed E-state index contributed by atoms with van der Waals surface area (Å²) >= 11 is 18.9. The van der Waals surface area contributed by atoms with Gasteiger partial charge in [-0.25, -0.2) is 0 Å². The molecule has 0 atom stereocenters. The molecule has 2 amide bonds. The summed E-state index contributed by atoms with van der Waals surface area (Å²) in [6, 6.07) is 17.6. The van der Waals surface area contributed by atoms with Crippen LogP contribution in [-0.4, -0.2) is 23.2 Å². The van der Waals surface area contributed by atoms with E-state index in [1.807, 2.05) is 12.1 Å². The summed E-state index contributed by atoms with van der Waals surface area (Å²) in [7, 11) is 1.54. The first-order valence-electron chi connectivity index (χ1n) is 10.1. The lowest BCUT2D eigenvalue weighted by molar-refractivity contribution is -0.123. The van der Waals surface area contributed by atoms with Crippen molar-refractivity contribution in [2.75, 3.05) is 7.11 Å². The van der Waals surface area contributed by atoms with Crippen LogP contribution in [0, 0.1) is 0 Å². The smallest absolute Gasteiger partial charge is 0.293 e. The fourth-order valence-electron chi connectivity index (χ4n) is 3.24. The molecule has 0 unspecified atom stereocenters. The molecule has 0 N–H and O–H groups in total. The number of hydrogen-bond donors (Lipinski definition) is 0. The van der Waals surface area contributed by atoms with E-state index in [1.165, 1.54) is 7.11 Å². The van der Waals surface area contributed by atoms with Crippen LogP contribution >= 0.6 is 46.6 Å². The summed E-state index contributed by atoms with van der Waals surface area (Å²) in [5.74, 6) is 0.679. The van der Waals surface area contributed by atoms with Crippen molar-refractivity contribution in [3.8, 4) is 11.5 Å². The Labute approximate surface area is 216 Å². The minimum atomic E-state index is -0.386. The van der Waals surface area contributed by atoms with Gasteiger partial charge in [0.25, 0.3) is 11.1 Å². The van der Waals surface area contributed by atoms with Gasteiger partial charge in [-0.3, -0.25) is 14.5 Å². The van der Waals surface area contributed by atoms with Gasteiger partial charge in [-0.1, -0.05) is 59.1 Å². The zero-order valence-electron chi connectivity index (χ0n) is 17.9. The molecule has 0 saturated carbocycles. The number of methoxy groups -OCH3 is 1. The molecule has 1 heterocycles. The zero-order chi connectivity index (χ0) is 24.2. The van der Waals surface area contributed by atoms with E-state index in [4.69, 9.17) is 44.3 Å². The Morgan fingerprint density at radius 1 is 0.912 bits per heavy atom. The van der Waals surface area contributed by atoms with Gasteiger partial charge in [-0.2, -0.15) is 0 Å². The highest BCUT2D eigenvalue weighted by Gasteiger charge is 2.35. The third-order valence-electron chi connectivity index (χ3n) is 5.01. The first-order chi connectivity index (χ1) is 16.3. The fraction of sp³-hybridized carbons (Fsp3) is 0.120. The molecule has 0 bridgehead atoms. The molecule has 0 radical (unpaired) electrons. The van der Waals surface area contributed by atoms with Crippen molar-refractivity contribution in [2.24, 2.45) is 0 Å². The number of thioether (sulfide) groups is 1. The number of amides is 2. The summed E-state index contributed by atoms with van der Waals surface area (Å²) in [6.07, 6.45) is 1.65. The van der Waals surface area contributed by atoms with E-state index >= 15 is 0 Å². The number of imide groups is 1. The van der Waals surface area contributed by atoms with Crippen molar-refractivity contribution in [1.29, 1.82) is 0 Å². The highest BCUT2D eigenvalue weighted by molar-refractivity contribution is 8.18. The zero-order valence-corrected chi connectivity index (χ0v) is 21.0. The topological polar surface area (TPSA) is 55.8 Å². The molecule has 0 spiro atoms. The van der Waals surface area contributed by atoms with Gasteiger partial charge in [0.15, 0.2) is 11.5 Å². The molecule has 174 valence electrons. The Morgan fingerprint density at radius 3 is 2.35 bits per heavy atom. The van der Waals surface area contributed by atoms with E-state index < -0.39 is 0 Å². The molecular weight excluding hydrogens is 517 g/mol. The fourth-order valence-corrected chi connectivity index (χ4v) is 4.68. The molecule has 5 nitrogen and oxygen atoms in total. The molecule has 0 aromatic heterocycles. The van der Waals surface area contributed by atoms with Gasteiger partial charge in [-0.05, 0) is 70.9 Å². The Hall–Kier alpha value is -2.64. The molecule has 0 aliphatic carbocycles. The highest BCUT2D eigenvalue weighted by atomic mass is 35.5. The average molecular weight is 535 g/mol. The second kappa shape index (κ2) is 10.7. The van der Waals surface area contributed by atoms with Gasteiger partial charge >= 0.3 is 0 Å². The van der Waals surface area contributed by atoms with Crippen molar-refractivity contribution in [2.45, 2.75) is 13.2 Å². The van der Waals surface area contributed by atoms with E-state index in [-0.39, 0.29) is 17.7 Å². The normalized spacial score (nSPS) is 14.7. The molecule has 3 aromatic rings. The van der Waals surface area contributed by atoms with E-state index in [9.17, 15) is 9.59 Å². The van der Waals surface area contributed by atoms with Crippen LogP contribution in [0.3, 0.4) is 0 Å². The Bertz CT molecular complexity index is 1280. The number of carbonyl (C=O) groups is 2. The molecule has 1 aliphatic heterocycles. The predicted octanol–water partition coefficient (Wildman–Crippen LogP) is 7.47. The van der Waals surface area contributed by atoms with Crippen LogP contribution in [-0.2, 0) is 17.9 Å². The van der Waals surface area contributed by atoms with Crippen molar-refractivity contribution in [1.82, 2.24) is 4.90 Å². The lowest BCUT2D eigenvalue weighted by atomic mass is 10.1. The van der Waals surface area contributed by atoms with Crippen LogP contribution in [0.25, 0.3) is 6.08 Å². The minimum absolute atomic E-state index is 0.0683. The Balaban J connectivity index is 1.48. The quantitative estimate of drug-likeness (QED) is 0.294. The molecule has 1 aliphatic rings. The summed E-state index contributed by atoms with van der Waals surface area (Å²) in [5, 5.41) is 1.18. The van der Waals surface area contributed by atoms with Crippen LogP contribution < -0.4 is 9.47 Å². The molecule has 1 fully saturated rings. The van der Waals surface area contributed by atoms with Crippen LogP contribution in [0.5, 0.6) is 11.5 Å². The summed E-state index contributed by atoms with van der Waals surface area (Å²) < 4.78 is 11.3. The first-order valence-corrected chi connectivity index (χ1v) is 12.0. The third kappa shape index (κ3) is 5.70. The summed E-state index contributed by atoms with van der Waals surface area (Å²) in [6.45, 7) is 0.415. The molecule has 9 heteroatoms. The van der Waals surface area contributed by atoms with Crippen LogP contribution in [0.2, 0.25) is 15.1 Å². The summed E-state index contributed by atoms with van der Waals surface area (Å²) in [5.41, 5.74) is 2.30. The highest BCUT2D eigenvalue weighted by Crippen LogP contribution is 2.36. The SMILES string of the molecule is COc1cc(/C=C2\SC(=O)N(Cc3ccc(Cl)cc3Cl)C2=O)ccc1OCc1ccc(Cl)cc1. The van der Waals surface area contributed by atoms with Crippen LogP contribution in [0.1, 0.15) is 16.7 Å². The van der Waals surface area contributed by atoms with Crippen molar-refractivity contribution < 1.29 is 19.1 Å². The van der Waals surface area contributed by atoms with Crippen molar-refractivity contribution in [3.05, 3.63) is 97.3 Å². The molecule has 1 saturated heterocycles. The summed E-state index contributed by atoms with van der Waals surface area (Å²) in [4.78, 5) is 26.9. The second-order valence-corrected chi connectivity index (χ2v) is 9.60. The monoisotopic (exact) mass is 533 g/mol. The number of ether oxygens (including phenoxy) is 2. The van der Waals surface area contributed by atoms with Crippen molar-refractivity contribution >= 4 is 63.8 Å². The maximum Gasteiger partial charge on any atom is 0.293 e. The third-order valence-corrected chi connectivity index (χ3v) is 6.76. The largest absolute Gasteiger partial charge is 0.493 e. The van der Waals surface area contributed by atoms with E-state index in [1.54, 1.807) is 54.6 Å². The molecule has 34 heavy (non-hydrogen) atoms. The standard InChI is InChI=1S/C25H18Cl3NO4S/c1-32-22-10-16(4-9-21(22)33-14-15-2-6-18(26)7-3-15)11-23-24(30)29(25(31)34-23)13-17-5-8-19(27)12-20(17)28/h2-12H,13-14H2,1H3/b23-11-. The molecule has 3 aromatic carbocycles. The van der Waals surface area contributed by atoms with Gasteiger partial charge in [0, 0.05) is 15.1 Å². The number of rotatable bonds is 7. The maximum atomic E-state index is 12.9. The van der Waals surface area contributed by atoms with Gasteiger partial charge in [-0.15, -0.1) is 0 Å². The van der Waals surface area contributed by atoms with Crippen LogP contribution in [0.15, 0.2) is 65.6 Å². The van der Waals surface area contributed by atoms with Gasteiger partial charge in [0.2, 0.25) is 0 Å². The number of halogens is 3. The van der Waals surface area contributed by atoms with E-state index in [2.05, 4.69) is 0 Å². The lowest BCUT2D eigenvalue weighted by Crippen LogP contribution is -2.27. The molecule has 4 rings (SSSR count). The second-order valence-electron chi connectivity index (χ2n) is 7.33. The predicted molar refractivity (Wildman–Crippen MR) is 137 cm³/mol. The maximum absolute atomic E-state index is 12.9. The van der Waals surface area contributed by atoms with Gasteiger partial charge < -0.3 is 9.47 Å². The van der Waals surface area contributed by atoms with Crippen molar-refractivity contribution in [3.63, 3.8) is 0 Å². The minimum Gasteiger partial charge on any atom is -0.493 e. The Morgan fingerprint density at radius 2 is 1.65 bits per heavy atom. The van der Waals surface area contributed by atoms with Crippen LogP contribution in [0.4, 0.5) is 4.79 Å². The number of hydrogen-bond acceptors (Lipinski definition) is 5. The van der Waals surface area contributed by atoms with E-state index in [0.29, 0.717) is 49.2 Å². The van der Waals surface area contributed by atoms with Gasteiger partial charge in [0.1, 0.15) is 6.61 Å². The number of benzene rings is 3. The average Bonchev–Trinajstić information content (AvgIpc) is 3.08.